The topological polar surface area (TPSA) is 75.3 Å². The average molecular weight is 264 g/mol. The largest absolute Gasteiger partial charge is 0.465 e. The van der Waals surface area contributed by atoms with Gasteiger partial charge < -0.3 is 10.8 Å². The molecule has 0 atom stereocenters. The molecule has 98 valence electrons. The quantitative estimate of drug-likeness (QED) is 0.728. The van der Waals surface area contributed by atoms with Crippen molar-refractivity contribution in [2.45, 2.75) is 0 Å². The van der Waals surface area contributed by atoms with Gasteiger partial charge in [0.25, 0.3) is 0 Å². The number of hydrogen-bond donors (Lipinski definition) is 3. The number of carbonyl (C=O) groups is 1. The normalized spacial score (nSPS) is 10.2. The molecule has 0 aliphatic heterocycles. The van der Waals surface area contributed by atoms with E-state index in [9.17, 15) is 13.6 Å². The molecule has 4 N–H and O–H groups in total. The lowest BCUT2D eigenvalue weighted by atomic mass is 10.0. The molecule has 0 heterocycles. The molecule has 2 aromatic carbocycles. The van der Waals surface area contributed by atoms with Gasteiger partial charge in [-0.2, -0.15) is 0 Å². The Balaban J connectivity index is 2.44. The fourth-order valence-corrected chi connectivity index (χ4v) is 1.68. The van der Waals surface area contributed by atoms with E-state index in [0.717, 1.165) is 18.2 Å². The monoisotopic (exact) mass is 264 g/mol. The molecule has 19 heavy (non-hydrogen) atoms. The number of anilines is 2. The van der Waals surface area contributed by atoms with E-state index in [2.05, 4.69) is 5.32 Å². The lowest BCUT2D eigenvalue weighted by molar-refractivity contribution is 0.210. The van der Waals surface area contributed by atoms with Gasteiger partial charge in [-0.05, 0) is 35.9 Å². The molecule has 2 aromatic rings. The van der Waals surface area contributed by atoms with Crippen LogP contribution in [0.15, 0.2) is 36.4 Å². The molecule has 0 spiro atoms. The first-order valence-electron chi connectivity index (χ1n) is 5.32. The van der Waals surface area contributed by atoms with E-state index < -0.39 is 17.7 Å². The number of nitrogen functional groups attached to an aromatic ring is 1. The van der Waals surface area contributed by atoms with E-state index in [0.29, 0.717) is 5.56 Å². The zero-order chi connectivity index (χ0) is 14.0. The van der Waals surface area contributed by atoms with Crippen LogP contribution in [0.25, 0.3) is 11.1 Å². The number of nitrogens with two attached hydrogens (primary N) is 1. The molecule has 0 aromatic heterocycles. The Bertz CT molecular complexity index is 645. The van der Waals surface area contributed by atoms with E-state index in [1.807, 2.05) is 0 Å². The predicted octanol–water partition coefficient (Wildman–Crippen LogP) is 3.30. The molecule has 1 amide bonds. The summed E-state index contributed by atoms with van der Waals surface area (Å²) in [5, 5.41) is 10.7. The molecule has 0 radical (unpaired) electrons. The highest BCUT2D eigenvalue weighted by molar-refractivity contribution is 5.89. The molecule has 0 bridgehead atoms. The summed E-state index contributed by atoms with van der Waals surface area (Å²) in [4.78, 5) is 10.5. The van der Waals surface area contributed by atoms with Gasteiger partial charge in [-0.1, -0.05) is 6.07 Å². The molecule has 6 heteroatoms. The maximum absolute atomic E-state index is 13.6. The standard InChI is InChI=1S/C13H10F2N2O2/c14-8-2-3-10(15)9(6-8)7-1-4-12(11(16)5-7)17-13(18)19/h1-6,17H,16H2,(H,18,19). The zero-order valence-corrected chi connectivity index (χ0v) is 9.65. The first kappa shape index (κ1) is 12.8. The van der Waals surface area contributed by atoms with Gasteiger partial charge in [0.05, 0.1) is 11.4 Å². The second kappa shape index (κ2) is 4.93. The van der Waals surface area contributed by atoms with Gasteiger partial charge >= 0.3 is 6.09 Å². The molecule has 0 aliphatic rings. The first-order valence-corrected chi connectivity index (χ1v) is 5.32. The fourth-order valence-electron chi connectivity index (χ4n) is 1.68. The van der Waals surface area contributed by atoms with Gasteiger partial charge in [-0.3, -0.25) is 5.32 Å². The van der Waals surface area contributed by atoms with Crippen molar-refractivity contribution in [1.29, 1.82) is 0 Å². The molecule has 4 nitrogen and oxygen atoms in total. The first-order chi connectivity index (χ1) is 8.97. The summed E-state index contributed by atoms with van der Waals surface area (Å²) in [5.41, 5.74) is 6.40. The van der Waals surface area contributed by atoms with Gasteiger partial charge in [-0.15, -0.1) is 0 Å². The van der Waals surface area contributed by atoms with Crippen LogP contribution in [0, 0.1) is 11.6 Å². The lowest BCUT2D eigenvalue weighted by Crippen LogP contribution is -2.09. The number of halogens is 2. The van der Waals surface area contributed by atoms with Crippen molar-refractivity contribution >= 4 is 17.5 Å². The maximum Gasteiger partial charge on any atom is 0.409 e. The minimum absolute atomic E-state index is 0.0635. The smallest absolute Gasteiger partial charge is 0.409 e. The zero-order valence-electron chi connectivity index (χ0n) is 9.65. The van der Waals surface area contributed by atoms with Crippen molar-refractivity contribution in [3.05, 3.63) is 48.0 Å². The summed E-state index contributed by atoms with van der Waals surface area (Å²) < 4.78 is 26.7. The van der Waals surface area contributed by atoms with E-state index >= 15 is 0 Å². The second-order valence-corrected chi connectivity index (χ2v) is 3.86. The molecule has 0 saturated heterocycles. The van der Waals surface area contributed by atoms with E-state index in [4.69, 9.17) is 10.8 Å². The van der Waals surface area contributed by atoms with E-state index in [-0.39, 0.29) is 16.9 Å². The van der Waals surface area contributed by atoms with Gasteiger partial charge in [0.2, 0.25) is 0 Å². The molecule has 0 saturated carbocycles. The highest BCUT2D eigenvalue weighted by Gasteiger charge is 2.09. The highest BCUT2D eigenvalue weighted by Crippen LogP contribution is 2.29. The Morgan fingerprint density at radius 3 is 2.53 bits per heavy atom. The third-order valence-electron chi connectivity index (χ3n) is 2.53. The summed E-state index contributed by atoms with van der Waals surface area (Å²) in [7, 11) is 0. The van der Waals surface area contributed by atoms with Crippen molar-refractivity contribution in [3.8, 4) is 11.1 Å². The van der Waals surface area contributed by atoms with Crippen molar-refractivity contribution in [2.24, 2.45) is 0 Å². The summed E-state index contributed by atoms with van der Waals surface area (Å²) in [5.74, 6) is -1.15. The average Bonchev–Trinajstić information content (AvgIpc) is 2.34. The SMILES string of the molecule is Nc1cc(-c2cc(F)ccc2F)ccc1NC(=O)O. The van der Waals surface area contributed by atoms with Crippen LogP contribution in [0.4, 0.5) is 25.0 Å². The lowest BCUT2D eigenvalue weighted by Gasteiger charge is -2.09. The summed E-state index contributed by atoms with van der Waals surface area (Å²) in [6.07, 6.45) is -1.25. The van der Waals surface area contributed by atoms with Gasteiger partial charge in [-0.25, -0.2) is 13.6 Å². The number of nitrogens with one attached hydrogen (secondary N) is 1. The van der Waals surface area contributed by atoms with Crippen LogP contribution < -0.4 is 11.1 Å². The Kier molecular flexibility index (Phi) is 3.33. The summed E-state index contributed by atoms with van der Waals surface area (Å²) >= 11 is 0. The van der Waals surface area contributed by atoms with Crippen LogP contribution in [0.3, 0.4) is 0 Å². The fraction of sp³-hybridized carbons (Fsp3) is 0. The minimum atomic E-state index is -1.25. The third-order valence-corrected chi connectivity index (χ3v) is 2.53. The number of carboxylic acid groups (broad SMARTS) is 1. The summed E-state index contributed by atoms with van der Waals surface area (Å²) in [6, 6.07) is 7.31. The van der Waals surface area contributed by atoms with Crippen molar-refractivity contribution < 1.29 is 18.7 Å². The van der Waals surface area contributed by atoms with Gasteiger partial charge in [0.15, 0.2) is 0 Å². The number of amides is 1. The van der Waals surface area contributed by atoms with E-state index in [1.165, 1.54) is 18.2 Å². The Morgan fingerprint density at radius 2 is 1.89 bits per heavy atom. The molecule has 0 aliphatic carbocycles. The molecule has 2 rings (SSSR count). The number of benzene rings is 2. The highest BCUT2D eigenvalue weighted by atomic mass is 19.1. The van der Waals surface area contributed by atoms with Crippen molar-refractivity contribution in [3.63, 3.8) is 0 Å². The number of hydrogen-bond acceptors (Lipinski definition) is 2. The molecular formula is C13H10F2N2O2. The van der Waals surface area contributed by atoms with Crippen LogP contribution in [-0.2, 0) is 0 Å². The van der Waals surface area contributed by atoms with Crippen LogP contribution >= 0.6 is 0 Å². The van der Waals surface area contributed by atoms with Crippen LogP contribution in [0.1, 0.15) is 0 Å². The Hall–Kier alpha value is -2.63. The predicted molar refractivity (Wildman–Crippen MR) is 67.9 cm³/mol. The van der Waals surface area contributed by atoms with Gasteiger partial charge in [0.1, 0.15) is 11.6 Å². The molecule has 0 fully saturated rings. The second-order valence-electron chi connectivity index (χ2n) is 3.86. The third kappa shape index (κ3) is 2.79. The van der Waals surface area contributed by atoms with E-state index in [1.54, 1.807) is 0 Å². The molecule has 0 unspecified atom stereocenters. The number of rotatable bonds is 2. The van der Waals surface area contributed by atoms with Crippen LogP contribution in [0.2, 0.25) is 0 Å². The van der Waals surface area contributed by atoms with Crippen LogP contribution in [-0.4, -0.2) is 11.2 Å². The molecular weight excluding hydrogens is 254 g/mol. The van der Waals surface area contributed by atoms with Crippen LogP contribution in [0.5, 0.6) is 0 Å². The maximum atomic E-state index is 13.6. The Labute approximate surface area is 107 Å². The summed E-state index contributed by atoms with van der Waals surface area (Å²) in [6.45, 7) is 0. The van der Waals surface area contributed by atoms with Crippen molar-refractivity contribution in [1.82, 2.24) is 0 Å². The van der Waals surface area contributed by atoms with Crippen molar-refractivity contribution in [2.75, 3.05) is 11.1 Å². The Morgan fingerprint density at radius 1 is 1.16 bits per heavy atom. The van der Waals surface area contributed by atoms with Gasteiger partial charge in [0, 0.05) is 5.56 Å². The minimum Gasteiger partial charge on any atom is -0.465 e.